The summed E-state index contributed by atoms with van der Waals surface area (Å²) in [7, 11) is -3.19. The molecule has 2 aromatic rings. The van der Waals surface area contributed by atoms with Crippen LogP contribution in [0.2, 0.25) is 0 Å². The third kappa shape index (κ3) is 3.81. The molecule has 130 valence electrons. The second-order valence-corrected chi connectivity index (χ2v) is 8.22. The van der Waals surface area contributed by atoms with Crippen LogP contribution in [0, 0.1) is 18.7 Å². The highest BCUT2D eigenvalue weighted by molar-refractivity contribution is 7.88. The first kappa shape index (κ1) is 17.0. The Balaban J connectivity index is 1.86. The van der Waals surface area contributed by atoms with Crippen LogP contribution in [0.4, 0.5) is 10.2 Å². The van der Waals surface area contributed by atoms with Crippen molar-refractivity contribution in [1.29, 1.82) is 0 Å². The molecular formula is C16H21FN4O2S. The van der Waals surface area contributed by atoms with E-state index in [1.54, 1.807) is 13.0 Å². The van der Waals surface area contributed by atoms with Crippen molar-refractivity contribution in [3.63, 3.8) is 0 Å². The van der Waals surface area contributed by atoms with Gasteiger partial charge in [-0.25, -0.2) is 27.5 Å². The van der Waals surface area contributed by atoms with Gasteiger partial charge in [0, 0.05) is 25.0 Å². The zero-order chi connectivity index (χ0) is 17.3. The summed E-state index contributed by atoms with van der Waals surface area (Å²) in [6.07, 6.45) is 4.55. The van der Waals surface area contributed by atoms with Gasteiger partial charge < -0.3 is 4.90 Å². The van der Waals surface area contributed by atoms with Crippen molar-refractivity contribution >= 4 is 26.7 Å². The molecule has 1 saturated heterocycles. The molecule has 0 radical (unpaired) electrons. The number of halogens is 1. The Morgan fingerprint density at radius 1 is 1.38 bits per heavy atom. The number of nitrogens with one attached hydrogen (secondary N) is 1. The van der Waals surface area contributed by atoms with Gasteiger partial charge in [-0.3, -0.25) is 0 Å². The lowest BCUT2D eigenvalue weighted by Crippen LogP contribution is -2.41. The van der Waals surface area contributed by atoms with Crippen LogP contribution in [0.25, 0.3) is 10.9 Å². The molecule has 1 aliphatic heterocycles. The fraction of sp³-hybridized carbons (Fsp3) is 0.500. The van der Waals surface area contributed by atoms with E-state index in [4.69, 9.17) is 0 Å². The van der Waals surface area contributed by atoms with Crippen molar-refractivity contribution < 1.29 is 12.8 Å². The highest BCUT2D eigenvalue weighted by Gasteiger charge is 2.23. The molecule has 1 atom stereocenters. The lowest BCUT2D eigenvalue weighted by atomic mass is 9.98. The number of hydrogen-bond acceptors (Lipinski definition) is 5. The summed E-state index contributed by atoms with van der Waals surface area (Å²) in [4.78, 5) is 10.7. The first-order chi connectivity index (χ1) is 11.3. The van der Waals surface area contributed by atoms with Gasteiger partial charge in [0.2, 0.25) is 10.0 Å². The van der Waals surface area contributed by atoms with Gasteiger partial charge in [-0.2, -0.15) is 0 Å². The van der Waals surface area contributed by atoms with Crippen LogP contribution in [0.15, 0.2) is 18.5 Å². The third-order valence-corrected chi connectivity index (χ3v) is 5.04. The van der Waals surface area contributed by atoms with Crippen molar-refractivity contribution in [3.8, 4) is 0 Å². The number of aromatic nitrogens is 2. The molecule has 3 rings (SSSR count). The normalized spacial score (nSPS) is 19.0. The summed E-state index contributed by atoms with van der Waals surface area (Å²) >= 11 is 0. The highest BCUT2D eigenvalue weighted by atomic mass is 32.2. The maximum atomic E-state index is 14.0. The number of sulfonamides is 1. The van der Waals surface area contributed by atoms with Crippen LogP contribution in [0.5, 0.6) is 0 Å². The Kier molecular flexibility index (Phi) is 4.69. The second-order valence-electron chi connectivity index (χ2n) is 6.39. The van der Waals surface area contributed by atoms with Crippen molar-refractivity contribution in [2.75, 3.05) is 30.8 Å². The van der Waals surface area contributed by atoms with E-state index in [-0.39, 0.29) is 11.7 Å². The van der Waals surface area contributed by atoms with Crippen molar-refractivity contribution in [2.45, 2.75) is 19.8 Å². The van der Waals surface area contributed by atoms with E-state index in [1.807, 2.05) is 0 Å². The number of rotatable bonds is 4. The predicted octanol–water partition coefficient (Wildman–Crippen LogP) is 1.84. The first-order valence-electron chi connectivity index (χ1n) is 7.94. The lowest BCUT2D eigenvalue weighted by molar-refractivity contribution is 0.410. The molecule has 0 saturated carbocycles. The molecule has 0 spiro atoms. The van der Waals surface area contributed by atoms with Crippen LogP contribution < -0.4 is 9.62 Å². The average molecular weight is 352 g/mol. The van der Waals surface area contributed by atoms with Gasteiger partial charge in [0.25, 0.3) is 0 Å². The third-order valence-electron chi connectivity index (χ3n) is 4.35. The number of fused-ring (bicyclic) bond motifs is 1. The number of anilines is 1. The molecule has 1 aromatic heterocycles. The number of hydrogen-bond donors (Lipinski definition) is 1. The van der Waals surface area contributed by atoms with E-state index in [0.29, 0.717) is 29.9 Å². The monoisotopic (exact) mass is 352 g/mol. The fourth-order valence-electron chi connectivity index (χ4n) is 3.11. The molecule has 0 amide bonds. The van der Waals surface area contributed by atoms with Gasteiger partial charge in [-0.05, 0) is 43.4 Å². The molecule has 8 heteroatoms. The van der Waals surface area contributed by atoms with E-state index < -0.39 is 10.0 Å². The van der Waals surface area contributed by atoms with Gasteiger partial charge in [0.1, 0.15) is 18.0 Å². The van der Waals surface area contributed by atoms with Crippen LogP contribution in [0.3, 0.4) is 0 Å². The van der Waals surface area contributed by atoms with Crippen LogP contribution in [0.1, 0.15) is 18.4 Å². The van der Waals surface area contributed by atoms with Gasteiger partial charge in [-0.15, -0.1) is 0 Å². The Morgan fingerprint density at radius 3 is 2.92 bits per heavy atom. The minimum atomic E-state index is -3.19. The summed E-state index contributed by atoms with van der Waals surface area (Å²) in [5.74, 6) is 0.641. The molecule has 2 heterocycles. The number of aryl methyl sites for hydroxylation is 1. The van der Waals surface area contributed by atoms with E-state index in [1.165, 1.54) is 12.4 Å². The molecule has 1 aromatic carbocycles. The zero-order valence-electron chi connectivity index (χ0n) is 13.8. The summed E-state index contributed by atoms with van der Waals surface area (Å²) in [6, 6.07) is 3.21. The van der Waals surface area contributed by atoms with E-state index in [2.05, 4.69) is 19.6 Å². The minimum absolute atomic E-state index is 0.203. The van der Waals surface area contributed by atoms with Gasteiger partial charge in [0.15, 0.2) is 0 Å². The number of piperidine rings is 1. The maximum absolute atomic E-state index is 14.0. The number of nitrogens with zero attached hydrogens (tertiary/aromatic N) is 3. The van der Waals surface area contributed by atoms with Crippen molar-refractivity contribution in [1.82, 2.24) is 14.7 Å². The minimum Gasteiger partial charge on any atom is -0.356 e. The van der Waals surface area contributed by atoms with Crippen LogP contribution >= 0.6 is 0 Å². The zero-order valence-corrected chi connectivity index (χ0v) is 14.6. The molecule has 0 bridgehead atoms. The molecule has 1 unspecified atom stereocenters. The Bertz CT molecular complexity index is 857. The molecule has 1 fully saturated rings. The predicted molar refractivity (Wildman–Crippen MR) is 92.0 cm³/mol. The lowest BCUT2D eigenvalue weighted by Gasteiger charge is -2.34. The standard InChI is InChI=1S/C16H21FN4O2S/c1-11-6-15-13(7-14(11)17)16(19-10-18-15)21-5-3-4-12(9-21)8-20-24(2,22)23/h6-7,10,12,20H,3-5,8-9H2,1-2H3. The summed E-state index contributed by atoms with van der Waals surface area (Å²) in [5, 5.41) is 0.692. The molecular weight excluding hydrogens is 331 g/mol. The summed E-state index contributed by atoms with van der Waals surface area (Å²) in [5.41, 5.74) is 1.27. The van der Waals surface area contributed by atoms with Gasteiger partial charge in [0.05, 0.1) is 11.8 Å². The van der Waals surface area contributed by atoms with Crippen molar-refractivity contribution in [2.24, 2.45) is 5.92 Å². The molecule has 1 N–H and O–H groups in total. The van der Waals surface area contributed by atoms with Gasteiger partial charge >= 0.3 is 0 Å². The quantitative estimate of drug-likeness (QED) is 0.909. The first-order valence-corrected chi connectivity index (χ1v) is 9.83. The average Bonchev–Trinajstić information content (AvgIpc) is 2.53. The topological polar surface area (TPSA) is 75.2 Å². The van der Waals surface area contributed by atoms with Crippen molar-refractivity contribution in [3.05, 3.63) is 29.8 Å². The molecule has 1 aliphatic rings. The highest BCUT2D eigenvalue weighted by Crippen LogP contribution is 2.28. The summed E-state index contributed by atoms with van der Waals surface area (Å²) in [6.45, 7) is 3.62. The van der Waals surface area contributed by atoms with Crippen LogP contribution in [-0.2, 0) is 10.0 Å². The van der Waals surface area contributed by atoms with E-state index in [0.717, 1.165) is 31.2 Å². The smallest absolute Gasteiger partial charge is 0.208 e. The number of benzene rings is 1. The van der Waals surface area contributed by atoms with E-state index >= 15 is 0 Å². The second kappa shape index (κ2) is 6.60. The largest absolute Gasteiger partial charge is 0.356 e. The Morgan fingerprint density at radius 2 is 2.17 bits per heavy atom. The SMILES string of the molecule is Cc1cc2ncnc(N3CCCC(CNS(C)(=O)=O)C3)c2cc1F. The Labute approximate surface area is 141 Å². The Hall–Kier alpha value is -1.80. The molecule has 24 heavy (non-hydrogen) atoms. The van der Waals surface area contributed by atoms with Gasteiger partial charge in [-0.1, -0.05) is 0 Å². The fourth-order valence-corrected chi connectivity index (χ4v) is 3.65. The molecule has 0 aliphatic carbocycles. The summed E-state index contributed by atoms with van der Waals surface area (Å²) < 4.78 is 39.1. The maximum Gasteiger partial charge on any atom is 0.208 e. The van der Waals surface area contributed by atoms with Crippen LogP contribution in [-0.4, -0.2) is 44.3 Å². The van der Waals surface area contributed by atoms with E-state index in [9.17, 15) is 12.8 Å². The molecule has 6 nitrogen and oxygen atoms in total.